The van der Waals surface area contributed by atoms with Crippen LogP contribution in [0.1, 0.15) is 51.2 Å². The van der Waals surface area contributed by atoms with Crippen molar-refractivity contribution in [1.82, 2.24) is 4.90 Å². The van der Waals surface area contributed by atoms with Gasteiger partial charge in [0.15, 0.2) is 0 Å². The first kappa shape index (κ1) is 21.8. The van der Waals surface area contributed by atoms with Crippen molar-refractivity contribution in [3.63, 3.8) is 0 Å². The van der Waals surface area contributed by atoms with E-state index in [2.05, 4.69) is 55.5 Å². The molecule has 4 rings (SSSR count). The molecule has 31 heavy (non-hydrogen) atoms. The Bertz CT molecular complexity index is 971. The zero-order valence-corrected chi connectivity index (χ0v) is 19.6. The van der Waals surface area contributed by atoms with Gasteiger partial charge in [0.05, 0.1) is 11.4 Å². The van der Waals surface area contributed by atoms with E-state index in [1.54, 1.807) is 11.8 Å². The van der Waals surface area contributed by atoms with Crippen molar-refractivity contribution in [2.24, 2.45) is 5.16 Å². The van der Waals surface area contributed by atoms with Gasteiger partial charge in [-0.15, -0.1) is 11.8 Å². The molecule has 0 aliphatic carbocycles. The predicted octanol–water partition coefficient (Wildman–Crippen LogP) is 5.90. The Morgan fingerprint density at radius 3 is 2.42 bits per heavy atom. The minimum absolute atomic E-state index is 0.0479. The highest BCUT2D eigenvalue weighted by atomic mass is 32.2. The third-order valence-electron chi connectivity index (χ3n) is 6.23. The Labute approximate surface area is 189 Å². The molecular weight excluding hydrogens is 406 g/mol. The number of anilines is 1. The van der Waals surface area contributed by atoms with E-state index in [0.717, 1.165) is 41.1 Å². The van der Waals surface area contributed by atoms with Crippen LogP contribution in [-0.2, 0) is 10.3 Å². The summed E-state index contributed by atoms with van der Waals surface area (Å²) in [6.07, 6.45) is 4.39. The molecule has 6 heteroatoms. The second-order valence-electron chi connectivity index (χ2n) is 9.43. The van der Waals surface area contributed by atoms with Crippen LogP contribution in [0.5, 0.6) is 0 Å². The number of carbonyl (C=O) groups excluding carboxylic acids is 1. The first-order valence-electron chi connectivity index (χ1n) is 10.8. The van der Waals surface area contributed by atoms with E-state index in [1.165, 1.54) is 5.56 Å². The lowest BCUT2D eigenvalue weighted by molar-refractivity contribution is -0.0544. The number of amides is 2. The first-order valence-corrected chi connectivity index (χ1v) is 12.1. The van der Waals surface area contributed by atoms with E-state index in [1.807, 2.05) is 35.4 Å². The van der Waals surface area contributed by atoms with Gasteiger partial charge in [-0.2, -0.15) is 0 Å². The van der Waals surface area contributed by atoms with Gasteiger partial charge in [-0.05, 0) is 34.9 Å². The van der Waals surface area contributed by atoms with Crippen LogP contribution in [0.4, 0.5) is 10.5 Å². The summed E-state index contributed by atoms with van der Waals surface area (Å²) < 4.78 is 0. The van der Waals surface area contributed by atoms with Crippen LogP contribution in [-0.4, -0.2) is 41.6 Å². The second kappa shape index (κ2) is 8.58. The molecule has 2 aliphatic rings. The average Bonchev–Trinajstić information content (AvgIpc) is 3.17. The average molecular weight is 438 g/mol. The van der Waals surface area contributed by atoms with Gasteiger partial charge in [-0.3, -0.25) is 0 Å². The summed E-state index contributed by atoms with van der Waals surface area (Å²) in [5.74, 6) is 0. The summed E-state index contributed by atoms with van der Waals surface area (Å²) in [5.41, 5.74) is 4.16. The van der Waals surface area contributed by atoms with Crippen molar-refractivity contribution < 1.29 is 9.63 Å². The van der Waals surface area contributed by atoms with Gasteiger partial charge in [0.2, 0.25) is 0 Å². The van der Waals surface area contributed by atoms with Crippen molar-refractivity contribution in [2.75, 3.05) is 24.7 Å². The van der Waals surface area contributed by atoms with Crippen LogP contribution in [0.25, 0.3) is 0 Å². The van der Waals surface area contributed by atoms with Gasteiger partial charge in [-0.1, -0.05) is 62.3 Å². The molecule has 2 amide bonds. The number of hydrogen-bond acceptors (Lipinski definition) is 4. The van der Waals surface area contributed by atoms with Crippen molar-refractivity contribution in [2.45, 2.75) is 55.9 Å². The van der Waals surface area contributed by atoms with Gasteiger partial charge in [0.1, 0.15) is 5.60 Å². The smallest absolute Gasteiger partial charge is 0.321 e. The van der Waals surface area contributed by atoms with Crippen LogP contribution in [0.3, 0.4) is 0 Å². The summed E-state index contributed by atoms with van der Waals surface area (Å²) in [4.78, 5) is 21.7. The first-order chi connectivity index (χ1) is 14.8. The van der Waals surface area contributed by atoms with E-state index >= 15 is 0 Å². The summed E-state index contributed by atoms with van der Waals surface area (Å²) in [6, 6.07) is 16.5. The predicted molar refractivity (Wildman–Crippen MR) is 128 cm³/mol. The van der Waals surface area contributed by atoms with E-state index in [4.69, 9.17) is 4.84 Å². The molecule has 0 radical (unpaired) electrons. The standard InChI is InChI=1S/C25H31N3O2S/c1-24(2,3)19-11-9-18(10-12-19)21-17-25(30-27-21)13-15-28(16-14-25)23(29)26-20-7-5-6-8-22(20)31-4/h5-12H,13-17H2,1-4H3,(H,26,29). The van der Waals surface area contributed by atoms with E-state index in [0.29, 0.717) is 13.1 Å². The van der Waals surface area contributed by atoms with Crippen LogP contribution >= 0.6 is 11.8 Å². The molecule has 2 heterocycles. The number of hydrogen-bond donors (Lipinski definition) is 1. The van der Waals surface area contributed by atoms with Crippen molar-refractivity contribution in [3.8, 4) is 0 Å². The fourth-order valence-corrected chi connectivity index (χ4v) is 4.72. The molecule has 0 atom stereocenters. The number of benzene rings is 2. The Hall–Kier alpha value is -2.47. The maximum atomic E-state index is 12.8. The van der Waals surface area contributed by atoms with Gasteiger partial charge in [0, 0.05) is 37.2 Å². The molecule has 2 aromatic carbocycles. The quantitative estimate of drug-likeness (QED) is 0.609. The van der Waals surface area contributed by atoms with Crippen LogP contribution in [0.2, 0.25) is 0 Å². The summed E-state index contributed by atoms with van der Waals surface area (Å²) in [7, 11) is 0. The Morgan fingerprint density at radius 1 is 1.10 bits per heavy atom. The molecule has 0 saturated carbocycles. The summed E-state index contributed by atoms with van der Waals surface area (Å²) in [5, 5.41) is 7.49. The number of piperidine rings is 1. The number of likely N-dealkylation sites (tertiary alicyclic amines) is 1. The maximum absolute atomic E-state index is 12.8. The zero-order chi connectivity index (χ0) is 22.1. The highest BCUT2D eigenvalue weighted by molar-refractivity contribution is 7.98. The van der Waals surface area contributed by atoms with E-state index in [-0.39, 0.29) is 17.0 Å². The number of para-hydroxylation sites is 1. The normalized spacial score (nSPS) is 17.9. The molecule has 1 saturated heterocycles. The largest absolute Gasteiger partial charge is 0.388 e. The number of nitrogens with zero attached hydrogens (tertiary/aromatic N) is 2. The second-order valence-corrected chi connectivity index (χ2v) is 10.3. The van der Waals surface area contributed by atoms with Gasteiger partial charge < -0.3 is 15.1 Å². The Balaban J connectivity index is 1.34. The number of nitrogens with one attached hydrogen (secondary N) is 1. The highest BCUT2D eigenvalue weighted by Crippen LogP contribution is 2.37. The number of carbonyl (C=O) groups is 1. The summed E-state index contributed by atoms with van der Waals surface area (Å²) >= 11 is 1.63. The molecule has 1 N–H and O–H groups in total. The Kier molecular flexibility index (Phi) is 6.02. The number of urea groups is 1. The number of rotatable bonds is 3. The third kappa shape index (κ3) is 4.74. The maximum Gasteiger partial charge on any atom is 0.321 e. The molecule has 0 bridgehead atoms. The molecule has 0 unspecified atom stereocenters. The fraction of sp³-hybridized carbons (Fsp3) is 0.440. The molecule has 2 aliphatic heterocycles. The minimum Gasteiger partial charge on any atom is -0.388 e. The molecule has 5 nitrogen and oxygen atoms in total. The molecule has 1 spiro atoms. The zero-order valence-electron chi connectivity index (χ0n) is 18.8. The van der Waals surface area contributed by atoms with Gasteiger partial charge >= 0.3 is 6.03 Å². The highest BCUT2D eigenvalue weighted by Gasteiger charge is 2.43. The SMILES string of the molecule is CSc1ccccc1NC(=O)N1CCC2(CC1)CC(c1ccc(C(C)(C)C)cc1)=NO2. The molecule has 0 aromatic heterocycles. The fourth-order valence-electron chi connectivity index (χ4n) is 4.17. The van der Waals surface area contributed by atoms with Gasteiger partial charge in [-0.25, -0.2) is 4.79 Å². The minimum atomic E-state index is -0.286. The van der Waals surface area contributed by atoms with Crippen LogP contribution in [0.15, 0.2) is 58.6 Å². The van der Waals surface area contributed by atoms with E-state index < -0.39 is 0 Å². The van der Waals surface area contributed by atoms with Crippen LogP contribution in [0, 0.1) is 0 Å². The molecule has 164 valence electrons. The lowest BCUT2D eigenvalue weighted by Crippen LogP contribution is -2.48. The van der Waals surface area contributed by atoms with E-state index in [9.17, 15) is 4.79 Å². The molecule has 2 aromatic rings. The monoisotopic (exact) mass is 437 g/mol. The number of thioether (sulfide) groups is 1. The third-order valence-corrected chi connectivity index (χ3v) is 7.03. The van der Waals surface area contributed by atoms with Crippen molar-refractivity contribution in [1.29, 1.82) is 0 Å². The van der Waals surface area contributed by atoms with Crippen molar-refractivity contribution in [3.05, 3.63) is 59.7 Å². The topological polar surface area (TPSA) is 53.9 Å². The molecular formula is C25H31N3O2S. The Morgan fingerprint density at radius 2 is 1.77 bits per heavy atom. The molecule has 1 fully saturated rings. The van der Waals surface area contributed by atoms with Crippen molar-refractivity contribution >= 4 is 29.2 Å². The number of oxime groups is 1. The lowest BCUT2D eigenvalue weighted by atomic mass is 9.84. The van der Waals surface area contributed by atoms with Gasteiger partial charge in [0.25, 0.3) is 0 Å². The van der Waals surface area contributed by atoms with Crippen LogP contribution < -0.4 is 5.32 Å². The lowest BCUT2D eigenvalue weighted by Gasteiger charge is -2.37. The summed E-state index contributed by atoms with van der Waals surface area (Å²) in [6.45, 7) is 7.99.